The third kappa shape index (κ3) is 4.40. The number of nitrogens with zero attached hydrogens (tertiary/aromatic N) is 2. The van der Waals surface area contributed by atoms with Crippen LogP contribution in [0.25, 0.3) is 0 Å². The summed E-state index contributed by atoms with van der Waals surface area (Å²) in [7, 11) is 0. The second-order valence-corrected chi connectivity index (χ2v) is 5.78. The van der Waals surface area contributed by atoms with Crippen molar-refractivity contribution < 1.29 is 31.9 Å². The van der Waals surface area contributed by atoms with Gasteiger partial charge >= 0.3 is 6.09 Å². The molecule has 0 radical (unpaired) electrons. The Balaban J connectivity index is 1.55. The van der Waals surface area contributed by atoms with Crippen LogP contribution in [0.5, 0.6) is 0 Å². The van der Waals surface area contributed by atoms with E-state index in [0.29, 0.717) is 5.76 Å². The van der Waals surface area contributed by atoms with Gasteiger partial charge in [-0.1, -0.05) is 0 Å². The Bertz CT molecular complexity index is 1030. The molecule has 0 saturated carbocycles. The van der Waals surface area contributed by atoms with Crippen molar-refractivity contribution in [2.45, 2.75) is 20.1 Å². The molecular weight excluding hydrogens is 379 g/mol. The molecule has 146 valence electrons. The van der Waals surface area contributed by atoms with E-state index in [9.17, 15) is 22.8 Å². The number of rotatable bonds is 6. The summed E-state index contributed by atoms with van der Waals surface area (Å²) in [6.45, 7) is 1.03. The SMILES string of the molecule is CC(=O)c1ccc(Cn2cc(NC(=O)OCc3ccc(F)c(F)c3F)cn2)o1. The highest BCUT2D eigenvalue weighted by Crippen LogP contribution is 2.16. The molecule has 0 unspecified atom stereocenters. The molecule has 0 spiro atoms. The molecule has 28 heavy (non-hydrogen) atoms. The zero-order valence-corrected chi connectivity index (χ0v) is 14.5. The zero-order chi connectivity index (χ0) is 20.3. The molecule has 0 atom stereocenters. The lowest BCUT2D eigenvalue weighted by Crippen LogP contribution is -2.14. The van der Waals surface area contributed by atoms with E-state index in [0.717, 1.165) is 12.1 Å². The fourth-order valence-corrected chi connectivity index (χ4v) is 2.30. The number of nitrogens with one attached hydrogen (secondary N) is 1. The molecule has 0 aliphatic rings. The van der Waals surface area contributed by atoms with Gasteiger partial charge < -0.3 is 9.15 Å². The molecule has 2 aromatic heterocycles. The second kappa shape index (κ2) is 7.99. The van der Waals surface area contributed by atoms with Gasteiger partial charge in [-0.15, -0.1) is 0 Å². The Hall–Kier alpha value is -3.56. The highest BCUT2D eigenvalue weighted by atomic mass is 19.2. The summed E-state index contributed by atoms with van der Waals surface area (Å²) < 4.78 is 51.1. The van der Waals surface area contributed by atoms with Gasteiger partial charge in [0.05, 0.1) is 18.4 Å². The first-order valence-corrected chi connectivity index (χ1v) is 8.01. The Morgan fingerprint density at radius 1 is 1.18 bits per heavy atom. The summed E-state index contributed by atoms with van der Waals surface area (Å²) in [4.78, 5) is 23.0. The Kier molecular flexibility index (Phi) is 5.48. The fraction of sp³-hybridized carbons (Fsp3) is 0.167. The topological polar surface area (TPSA) is 86.4 Å². The van der Waals surface area contributed by atoms with E-state index < -0.39 is 30.2 Å². The van der Waals surface area contributed by atoms with E-state index in [1.54, 1.807) is 12.1 Å². The van der Waals surface area contributed by atoms with E-state index >= 15 is 0 Å². The molecule has 0 aliphatic heterocycles. The van der Waals surface area contributed by atoms with Crippen LogP contribution in [0.3, 0.4) is 0 Å². The number of furan rings is 1. The number of carbonyl (C=O) groups is 2. The van der Waals surface area contributed by atoms with Crippen LogP contribution < -0.4 is 5.32 Å². The molecular formula is C18H14F3N3O4. The van der Waals surface area contributed by atoms with Crippen molar-refractivity contribution in [2.75, 3.05) is 5.32 Å². The number of aromatic nitrogens is 2. The lowest BCUT2D eigenvalue weighted by Gasteiger charge is -2.07. The third-order valence-corrected chi connectivity index (χ3v) is 3.68. The molecule has 1 aromatic carbocycles. The average Bonchev–Trinajstić information content (AvgIpc) is 3.29. The highest BCUT2D eigenvalue weighted by molar-refractivity contribution is 5.91. The molecule has 0 saturated heterocycles. The van der Waals surface area contributed by atoms with Gasteiger partial charge in [0.25, 0.3) is 0 Å². The molecule has 3 rings (SSSR count). The van der Waals surface area contributed by atoms with Crippen LogP contribution in [-0.2, 0) is 17.9 Å². The maximum Gasteiger partial charge on any atom is 0.412 e. The van der Waals surface area contributed by atoms with E-state index in [1.807, 2.05) is 0 Å². The predicted octanol–water partition coefficient (Wildman–Crippen LogP) is 3.89. The Labute approximate surface area is 156 Å². The van der Waals surface area contributed by atoms with Crippen LogP contribution in [0.1, 0.15) is 28.8 Å². The predicted molar refractivity (Wildman–Crippen MR) is 90.2 cm³/mol. The van der Waals surface area contributed by atoms with E-state index in [1.165, 1.54) is 24.0 Å². The molecule has 10 heteroatoms. The van der Waals surface area contributed by atoms with Crippen LogP contribution in [0.2, 0.25) is 0 Å². The van der Waals surface area contributed by atoms with Gasteiger partial charge in [0, 0.05) is 18.7 Å². The molecule has 0 aliphatic carbocycles. The molecule has 0 fully saturated rings. The molecule has 1 amide bonds. The number of amides is 1. The number of benzene rings is 1. The van der Waals surface area contributed by atoms with E-state index in [2.05, 4.69) is 10.4 Å². The largest absolute Gasteiger partial charge is 0.456 e. The number of Topliss-reactive ketones (excluding diaryl/α,β-unsaturated/α-hetero) is 1. The maximum absolute atomic E-state index is 13.5. The summed E-state index contributed by atoms with van der Waals surface area (Å²) >= 11 is 0. The highest BCUT2D eigenvalue weighted by Gasteiger charge is 2.15. The number of carbonyl (C=O) groups excluding carboxylic acids is 2. The smallest absolute Gasteiger partial charge is 0.412 e. The average molecular weight is 393 g/mol. The third-order valence-electron chi connectivity index (χ3n) is 3.68. The number of hydrogen-bond acceptors (Lipinski definition) is 5. The molecule has 0 bridgehead atoms. The van der Waals surface area contributed by atoms with E-state index in [4.69, 9.17) is 9.15 Å². The van der Waals surface area contributed by atoms with Gasteiger partial charge in [-0.05, 0) is 24.3 Å². The van der Waals surface area contributed by atoms with Crippen LogP contribution >= 0.6 is 0 Å². The summed E-state index contributed by atoms with van der Waals surface area (Å²) in [6.07, 6.45) is 1.89. The van der Waals surface area contributed by atoms with Gasteiger partial charge in [-0.3, -0.25) is 14.8 Å². The number of halogens is 3. The minimum atomic E-state index is -1.63. The van der Waals surface area contributed by atoms with Crippen molar-refractivity contribution in [1.29, 1.82) is 0 Å². The second-order valence-electron chi connectivity index (χ2n) is 5.78. The number of hydrogen-bond donors (Lipinski definition) is 1. The normalized spacial score (nSPS) is 10.7. The number of ketones is 1. The van der Waals surface area contributed by atoms with Crippen molar-refractivity contribution in [2.24, 2.45) is 0 Å². The van der Waals surface area contributed by atoms with Crippen molar-refractivity contribution in [3.05, 3.63) is 71.2 Å². The van der Waals surface area contributed by atoms with Crippen LogP contribution in [0.15, 0.2) is 41.1 Å². The van der Waals surface area contributed by atoms with Crippen molar-refractivity contribution >= 4 is 17.6 Å². The summed E-state index contributed by atoms with van der Waals surface area (Å²) in [5, 5.41) is 6.39. The number of anilines is 1. The van der Waals surface area contributed by atoms with Gasteiger partial charge in [0.1, 0.15) is 12.4 Å². The first-order valence-electron chi connectivity index (χ1n) is 8.01. The fourth-order valence-electron chi connectivity index (χ4n) is 2.30. The van der Waals surface area contributed by atoms with Crippen molar-refractivity contribution in [3.63, 3.8) is 0 Å². The molecule has 7 nitrogen and oxygen atoms in total. The Morgan fingerprint density at radius 2 is 1.96 bits per heavy atom. The monoisotopic (exact) mass is 393 g/mol. The molecule has 1 N–H and O–H groups in total. The summed E-state index contributed by atoms with van der Waals surface area (Å²) in [6, 6.07) is 4.91. The maximum atomic E-state index is 13.5. The van der Waals surface area contributed by atoms with Crippen molar-refractivity contribution in [1.82, 2.24) is 9.78 Å². The lowest BCUT2D eigenvalue weighted by molar-refractivity contribution is 0.0985. The van der Waals surface area contributed by atoms with Crippen LogP contribution in [0.4, 0.5) is 23.7 Å². The summed E-state index contributed by atoms with van der Waals surface area (Å²) in [5.41, 5.74) is -0.0158. The van der Waals surface area contributed by atoms with Gasteiger partial charge in [0.2, 0.25) is 0 Å². The Morgan fingerprint density at radius 3 is 2.68 bits per heavy atom. The first-order chi connectivity index (χ1) is 13.3. The quantitative estimate of drug-likeness (QED) is 0.507. The molecule has 3 aromatic rings. The zero-order valence-electron chi connectivity index (χ0n) is 14.5. The summed E-state index contributed by atoms with van der Waals surface area (Å²) in [5.74, 6) is -3.85. The standard InChI is InChI=1S/C18H14F3N3O4/c1-10(25)15-5-3-13(28-15)8-24-7-12(6-22-24)23-18(26)27-9-11-2-4-14(19)17(21)16(11)20/h2-7H,8-9H2,1H3,(H,23,26). The first kappa shape index (κ1) is 19.2. The molecule has 2 heterocycles. The van der Waals surface area contributed by atoms with E-state index in [-0.39, 0.29) is 29.3 Å². The van der Waals surface area contributed by atoms with Gasteiger partial charge in [-0.2, -0.15) is 5.10 Å². The van der Waals surface area contributed by atoms with Crippen LogP contribution in [-0.4, -0.2) is 21.7 Å². The van der Waals surface area contributed by atoms with Crippen molar-refractivity contribution in [3.8, 4) is 0 Å². The van der Waals surface area contributed by atoms with Gasteiger partial charge in [-0.25, -0.2) is 18.0 Å². The minimum Gasteiger partial charge on any atom is -0.456 e. The number of ether oxygens (including phenoxy) is 1. The lowest BCUT2D eigenvalue weighted by atomic mass is 10.2. The van der Waals surface area contributed by atoms with Gasteiger partial charge in [0.15, 0.2) is 29.0 Å². The van der Waals surface area contributed by atoms with Crippen LogP contribution in [0, 0.1) is 17.5 Å². The minimum absolute atomic E-state index is 0.200.